The first kappa shape index (κ1) is 10.2. The molecule has 15 heavy (non-hydrogen) atoms. The van der Waals surface area contributed by atoms with Gasteiger partial charge in [0.2, 0.25) is 5.95 Å². The predicted molar refractivity (Wildman–Crippen MR) is 60.3 cm³/mol. The molecule has 2 rings (SSSR count). The summed E-state index contributed by atoms with van der Waals surface area (Å²) in [4.78, 5) is 8.11. The fourth-order valence-electron chi connectivity index (χ4n) is 1.71. The minimum Gasteiger partial charge on any atom is -0.370 e. The maximum absolute atomic E-state index is 5.22. The van der Waals surface area contributed by atoms with E-state index < -0.39 is 0 Å². The Hall–Kier alpha value is -1.36. The van der Waals surface area contributed by atoms with E-state index in [1.165, 1.54) is 25.7 Å². The SMILES string of the molecule is NNc1nccc(NCCC2CCC2)n1. The van der Waals surface area contributed by atoms with Gasteiger partial charge in [0.1, 0.15) is 5.82 Å². The first-order chi connectivity index (χ1) is 7.38. The predicted octanol–water partition coefficient (Wildman–Crippen LogP) is 1.36. The molecule has 0 aromatic carbocycles. The normalized spacial score (nSPS) is 15.8. The van der Waals surface area contributed by atoms with Crippen molar-refractivity contribution >= 4 is 11.8 Å². The van der Waals surface area contributed by atoms with Crippen LogP contribution in [0.1, 0.15) is 25.7 Å². The van der Waals surface area contributed by atoms with E-state index in [1.54, 1.807) is 6.20 Å². The van der Waals surface area contributed by atoms with Crippen molar-refractivity contribution in [2.24, 2.45) is 11.8 Å². The van der Waals surface area contributed by atoms with Crippen molar-refractivity contribution in [3.63, 3.8) is 0 Å². The van der Waals surface area contributed by atoms with Crippen LogP contribution >= 0.6 is 0 Å². The zero-order valence-electron chi connectivity index (χ0n) is 8.74. The van der Waals surface area contributed by atoms with Gasteiger partial charge in [-0.15, -0.1) is 0 Å². The minimum atomic E-state index is 0.448. The molecule has 1 aliphatic carbocycles. The number of rotatable bonds is 5. The lowest BCUT2D eigenvalue weighted by Gasteiger charge is -2.25. The van der Waals surface area contributed by atoms with Crippen LogP contribution in [-0.2, 0) is 0 Å². The van der Waals surface area contributed by atoms with E-state index in [0.29, 0.717) is 5.95 Å². The highest BCUT2D eigenvalue weighted by atomic mass is 15.3. The number of aromatic nitrogens is 2. The Morgan fingerprint density at radius 3 is 3.00 bits per heavy atom. The summed E-state index contributed by atoms with van der Waals surface area (Å²) in [5.74, 6) is 7.42. The van der Waals surface area contributed by atoms with Gasteiger partial charge in [0.05, 0.1) is 0 Å². The molecule has 1 aliphatic rings. The third-order valence-corrected chi connectivity index (χ3v) is 2.87. The lowest BCUT2D eigenvalue weighted by molar-refractivity contribution is 0.303. The third-order valence-electron chi connectivity index (χ3n) is 2.87. The molecule has 4 N–H and O–H groups in total. The Balaban J connectivity index is 1.76. The molecule has 0 atom stereocenters. The smallest absolute Gasteiger partial charge is 0.239 e. The number of nitrogens with zero attached hydrogens (tertiary/aromatic N) is 2. The van der Waals surface area contributed by atoms with Crippen molar-refractivity contribution in [2.75, 3.05) is 17.3 Å². The molecule has 0 spiro atoms. The number of hydrazine groups is 1. The van der Waals surface area contributed by atoms with Gasteiger partial charge < -0.3 is 5.32 Å². The largest absolute Gasteiger partial charge is 0.370 e. The summed E-state index contributed by atoms with van der Waals surface area (Å²) in [6, 6.07) is 1.85. The number of nitrogens with one attached hydrogen (secondary N) is 2. The molecule has 1 saturated carbocycles. The Morgan fingerprint density at radius 1 is 1.47 bits per heavy atom. The average Bonchev–Trinajstić information content (AvgIpc) is 2.22. The number of nitrogens with two attached hydrogens (primary N) is 1. The average molecular weight is 207 g/mol. The lowest BCUT2D eigenvalue weighted by Crippen LogP contribution is -2.16. The van der Waals surface area contributed by atoms with E-state index in [2.05, 4.69) is 20.7 Å². The van der Waals surface area contributed by atoms with E-state index >= 15 is 0 Å². The Bertz CT molecular complexity index is 310. The van der Waals surface area contributed by atoms with Gasteiger partial charge in [0.15, 0.2) is 0 Å². The van der Waals surface area contributed by atoms with Crippen LogP contribution in [0.15, 0.2) is 12.3 Å². The molecule has 5 heteroatoms. The van der Waals surface area contributed by atoms with Crippen molar-refractivity contribution in [1.82, 2.24) is 9.97 Å². The van der Waals surface area contributed by atoms with Crippen LogP contribution in [0.3, 0.4) is 0 Å². The molecular weight excluding hydrogens is 190 g/mol. The number of anilines is 2. The molecule has 1 aromatic heterocycles. The topological polar surface area (TPSA) is 75.9 Å². The monoisotopic (exact) mass is 207 g/mol. The second-order valence-corrected chi connectivity index (χ2v) is 3.92. The molecule has 0 amide bonds. The molecule has 0 radical (unpaired) electrons. The molecule has 1 fully saturated rings. The van der Waals surface area contributed by atoms with Gasteiger partial charge in [0.25, 0.3) is 0 Å². The summed E-state index contributed by atoms with van der Waals surface area (Å²) in [5.41, 5.74) is 2.43. The summed E-state index contributed by atoms with van der Waals surface area (Å²) in [5, 5.41) is 3.27. The van der Waals surface area contributed by atoms with E-state index in [1.807, 2.05) is 6.07 Å². The Kier molecular flexibility index (Phi) is 3.34. The summed E-state index contributed by atoms with van der Waals surface area (Å²) in [7, 11) is 0. The standard InChI is InChI=1S/C10H17N5/c11-15-10-13-7-5-9(14-10)12-6-4-8-2-1-3-8/h5,7-8H,1-4,6,11H2,(H2,12,13,14,15). The quantitative estimate of drug-likeness (QED) is 0.502. The summed E-state index contributed by atoms with van der Waals surface area (Å²) in [6.07, 6.45) is 7.10. The van der Waals surface area contributed by atoms with Crippen LogP contribution in [0, 0.1) is 5.92 Å². The van der Waals surface area contributed by atoms with Crippen molar-refractivity contribution in [3.05, 3.63) is 12.3 Å². The molecule has 0 saturated heterocycles. The van der Waals surface area contributed by atoms with Crippen molar-refractivity contribution in [3.8, 4) is 0 Å². The van der Waals surface area contributed by atoms with E-state index in [0.717, 1.165) is 18.3 Å². The molecular formula is C10H17N5. The number of hydrogen-bond acceptors (Lipinski definition) is 5. The van der Waals surface area contributed by atoms with Crippen LogP contribution in [0.2, 0.25) is 0 Å². The van der Waals surface area contributed by atoms with Crippen LogP contribution in [-0.4, -0.2) is 16.5 Å². The number of nitrogen functional groups attached to an aromatic ring is 1. The molecule has 1 aromatic rings. The lowest BCUT2D eigenvalue weighted by atomic mass is 9.83. The first-order valence-electron chi connectivity index (χ1n) is 5.42. The highest BCUT2D eigenvalue weighted by Gasteiger charge is 2.16. The number of hydrogen-bond donors (Lipinski definition) is 3. The van der Waals surface area contributed by atoms with Crippen molar-refractivity contribution in [2.45, 2.75) is 25.7 Å². The van der Waals surface area contributed by atoms with Crippen molar-refractivity contribution < 1.29 is 0 Å². The van der Waals surface area contributed by atoms with Gasteiger partial charge >= 0.3 is 0 Å². The van der Waals surface area contributed by atoms with Crippen LogP contribution < -0.4 is 16.6 Å². The van der Waals surface area contributed by atoms with E-state index in [9.17, 15) is 0 Å². The molecule has 0 aliphatic heterocycles. The first-order valence-corrected chi connectivity index (χ1v) is 5.42. The van der Waals surface area contributed by atoms with Gasteiger partial charge in [-0.25, -0.2) is 10.8 Å². The second-order valence-electron chi connectivity index (χ2n) is 3.92. The fourth-order valence-corrected chi connectivity index (χ4v) is 1.71. The van der Waals surface area contributed by atoms with Gasteiger partial charge in [-0.3, -0.25) is 5.43 Å². The summed E-state index contributed by atoms with van der Waals surface area (Å²) in [6.45, 7) is 0.978. The van der Waals surface area contributed by atoms with E-state index in [4.69, 9.17) is 5.84 Å². The highest BCUT2D eigenvalue weighted by molar-refractivity contribution is 5.38. The third kappa shape index (κ3) is 2.79. The molecule has 0 bridgehead atoms. The van der Waals surface area contributed by atoms with E-state index in [-0.39, 0.29) is 0 Å². The molecule has 82 valence electrons. The summed E-state index contributed by atoms with van der Waals surface area (Å²) >= 11 is 0. The maximum Gasteiger partial charge on any atom is 0.239 e. The maximum atomic E-state index is 5.22. The van der Waals surface area contributed by atoms with Crippen LogP contribution in [0.4, 0.5) is 11.8 Å². The fraction of sp³-hybridized carbons (Fsp3) is 0.600. The minimum absolute atomic E-state index is 0.448. The van der Waals surface area contributed by atoms with Gasteiger partial charge in [-0.1, -0.05) is 19.3 Å². The van der Waals surface area contributed by atoms with Crippen LogP contribution in [0.5, 0.6) is 0 Å². The Morgan fingerprint density at radius 2 is 2.33 bits per heavy atom. The van der Waals surface area contributed by atoms with Crippen molar-refractivity contribution in [1.29, 1.82) is 0 Å². The Labute approximate surface area is 89.5 Å². The second kappa shape index (κ2) is 4.93. The highest BCUT2D eigenvalue weighted by Crippen LogP contribution is 2.29. The molecule has 1 heterocycles. The van der Waals surface area contributed by atoms with Gasteiger partial charge in [-0.2, -0.15) is 4.98 Å². The molecule has 0 unspecified atom stereocenters. The zero-order valence-corrected chi connectivity index (χ0v) is 8.74. The summed E-state index contributed by atoms with van der Waals surface area (Å²) < 4.78 is 0. The van der Waals surface area contributed by atoms with Gasteiger partial charge in [-0.05, 0) is 18.4 Å². The molecule has 5 nitrogen and oxygen atoms in total. The zero-order chi connectivity index (χ0) is 10.5. The van der Waals surface area contributed by atoms with Crippen LogP contribution in [0.25, 0.3) is 0 Å². The van der Waals surface area contributed by atoms with Gasteiger partial charge in [0, 0.05) is 12.7 Å².